The van der Waals surface area contributed by atoms with Gasteiger partial charge in [-0.25, -0.2) is 9.78 Å². The molecule has 2 aromatic heterocycles. The summed E-state index contributed by atoms with van der Waals surface area (Å²) < 4.78 is 14.6. The van der Waals surface area contributed by atoms with Crippen LogP contribution in [0.15, 0.2) is 18.2 Å². The Labute approximate surface area is 226 Å². The first-order valence-electron chi connectivity index (χ1n) is 13.1. The van der Waals surface area contributed by atoms with Crippen LogP contribution >= 0.6 is 0 Å². The van der Waals surface area contributed by atoms with E-state index in [2.05, 4.69) is 20.7 Å². The highest BCUT2D eigenvalue weighted by Gasteiger charge is 2.22. The second-order valence-corrected chi connectivity index (χ2v) is 9.54. The molecule has 0 bridgehead atoms. The zero-order valence-electron chi connectivity index (χ0n) is 22.8. The van der Waals surface area contributed by atoms with Crippen molar-refractivity contribution >= 4 is 34.8 Å². The predicted octanol–water partition coefficient (Wildman–Crippen LogP) is 2.13. The van der Waals surface area contributed by atoms with Crippen LogP contribution in [0.2, 0.25) is 0 Å². The van der Waals surface area contributed by atoms with Crippen molar-refractivity contribution in [2.75, 3.05) is 39.2 Å². The highest BCUT2D eigenvalue weighted by Crippen LogP contribution is 2.31. The van der Waals surface area contributed by atoms with E-state index in [0.717, 1.165) is 25.1 Å². The van der Waals surface area contributed by atoms with Crippen LogP contribution in [0.25, 0.3) is 11.0 Å². The Hall–Kier alpha value is -4.13. The number of aromatic nitrogens is 4. The Balaban J connectivity index is 1.54. The maximum atomic E-state index is 13.2. The quantitative estimate of drug-likeness (QED) is 0.314. The molecule has 210 valence electrons. The molecule has 3 aromatic rings. The van der Waals surface area contributed by atoms with E-state index in [9.17, 15) is 14.4 Å². The molecule has 1 fully saturated rings. The van der Waals surface area contributed by atoms with E-state index >= 15 is 0 Å². The Bertz CT molecular complexity index is 1360. The van der Waals surface area contributed by atoms with E-state index < -0.39 is 5.91 Å². The predicted molar refractivity (Wildman–Crippen MR) is 145 cm³/mol. The van der Waals surface area contributed by atoms with Crippen molar-refractivity contribution in [2.45, 2.75) is 52.3 Å². The molecule has 1 aliphatic heterocycles. The van der Waals surface area contributed by atoms with Crippen LogP contribution in [-0.2, 0) is 17.8 Å². The number of anilines is 1. The first-order valence-corrected chi connectivity index (χ1v) is 13.1. The van der Waals surface area contributed by atoms with Crippen LogP contribution in [0.3, 0.4) is 0 Å². The fraction of sp³-hybridized carbons (Fsp3) is 0.500. The van der Waals surface area contributed by atoms with Crippen LogP contribution in [0, 0.1) is 6.92 Å². The van der Waals surface area contributed by atoms with E-state index in [1.54, 1.807) is 39.4 Å². The summed E-state index contributed by atoms with van der Waals surface area (Å²) in [5, 5.41) is 10.2. The number of likely N-dealkylation sites (N-methyl/N-ethyl adjacent to an activating group) is 1. The molecule has 4 amide bonds. The number of carbonyl (C=O) groups excluding carboxylic acids is 3. The molecule has 13 nitrogen and oxygen atoms in total. The highest BCUT2D eigenvalue weighted by molar-refractivity contribution is 6.04. The molecule has 39 heavy (non-hydrogen) atoms. The Kier molecular flexibility index (Phi) is 8.69. The number of nitrogens with zero attached hydrogens (tertiary/aromatic N) is 5. The van der Waals surface area contributed by atoms with Gasteiger partial charge >= 0.3 is 6.03 Å². The SMILES string of the molecule is CCn1nc(C)cc1C(=O)Nc1nc2cc(C(N)=O)cc(OC)c2n1CCCNC(=O)N(C)C[C@@H]1CCCO1. The van der Waals surface area contributed by atoms with Gasteiger partial charge in [-0.3, -0.25) is 19.6 Å². The number of methoxy groups -OCH3 is 1. The first-order chi connectivity index (χ1) is 18.7. The zero-order valence-corrected chi connectivity index (χ0v) is 22.8. The van der Waals surface area contributed by atoms with Gasteiger partial charge in [-0.05, 0) is 51.3 Å². The minimum atomic E-state index is -0.618. The Morgan fingerprint density at radius 3 is 2.74 bits per heavy atom. The molecule has 0 unspecified atom stereocenters. The lowest BCUT2D eigenvalue weighted by atomic mass is 10.1. The number of carbonyl (C=O) groups is 3. The summed E-state index contributed by atoms with van der Waals surface area (Å²) in [7, 11) is 3.24. The summed E-state index contributed by atoms with van der Waals surface area (Å²) in [5.41, 5.74) is 7.91. The molecule has 3 heterocycles. The summed E-state index contributed by atoms with van der Waals surface area (Å²) in [6, 6.07) is 4.64. The monoisotopic (exact) mass is 540 g/mol. The van der Waals surface area contributed by atoms with E-state index in [4.69, 9.17) is 15.2 Å². The maximum Gasteiger partial charge on any atom is 0.317 e. The fourth-order valence-corrected chi connectivity index (χ4v) is 4.72. The van der Waals surface area contributed by atoms with Gasteiger partial charge in [-0.15, -0.1) is 0 Å². The first kappa shape index (κ1) is 27.9. The van der Waals surface area contributed by atoms with Gasteiger partial charge in [0.15, 0.2) is 0 Å². The largest absolute Gasteiger partial charge is 0.494 e. The number of imidazole rings is 1. The molecule has 13 heteroatoms. The molecule has 0 radical (unpaired) electrons. The fourth-order valence-electron chi connectivity index (χ4n) is 4.72. The highest BCUT2D eigenvalue weighted by atomic mass is 16.5. The van der Waals surface area contributed by atoms with Crippen molar-refractivity contribution in [3.63, 3.8) is 0 Å². The van der Waals surface area contributed by atoms with Crippen LogP contribution in [0.4, 0.5) is 10.7 Å². The molecule has 1 atom stereocenters. The van der Waals surface area contributed by atoms with Gasteiger partial charge in [0.1, 0.15) is 17.0 Å². The van der Waals surface area contributed by atoms with Crippen molar-refractivity contribution in [3.05, 3.63) is 35.2 Å². The number of benzene rings is 1. The van der Waals surface area contributed by atoms with E-state index in [0.29, 0.717) is 55.1 Å². The van der Waals surface area contributed by atoms with E-state index in [1.165, 1.54) is 7.11 Å². The Morgan fingerprint density at radius 2 is 2.08 bits per heavy atom. The molecule has 0 saturated carbocycles. The van der Waals surface area contributed by atoms with Gasteiger partial charge in [0.2, 0.25) is 11.9 Å². The van der Waals surface area contributed by atoms with Crippen molar-refractivity contribution in [1.29, 1.82) is 0 Å². The minimum absolute atomic E-state index is 0.0785. The lowest BCUT2D eigenvalue weighted by Crippen LogP contribution is -2.41. The maximum absolute atomic E-state index is 13.2. The number of nitrogens with two attached hydrogens (primary N) is 1. The molecule has 4 N–H and O–H groups in total. The topological polar surface area (TPSA) is 159 Å². The van der Waals surface area contributed by atoms with E-state index in [-0.39, 0.29) is 29.6 Å². The smallest absolute Gasteiger partial charge is 0.317 e. The zero-order chi connectivity index (χ0) is 28.1. The molecular formula is C26H36N8O5. The second-order valence-electron chi connectivity index (χ2n) is 9.54. The average molecular weight is 541 g/mol. The van der Waals surface area contributed by atoms with Crippen molar-refractivity contribution in [1.82, 2.24) is 29.5 Å². The molecule has 4 rings (SSSR count). The van der Waals surface area contributed by atoms with Gasteiger partial charge in [0.25, 0.3) is 5.91 Å². The van der Waals surface area contributed by atoms with Crippen molar-refractivity contribution in [3.8, 4) is 5.75 Å². The molecule has 0 aliphatic carbocycles. The third kappa shape index (κ3) is 6.30. The molecule has 1 aliphatic rings. The van der Waals surface area contributed by atoms with Crippen LogP contribution in [0.1, 0.15) is 52.7 Å². The summed E-state index contributed by atoms with van der Waals surface area (Å²) in [6.07, 6.45) is 2.59. The second kappa shape index (κ2) is 12.2. The van der Waals surface area contributed by atoms with Crippen LogP contribution < -0.4 is 21.1 Å². The standard InChI is InChI=1S/C26H36N8O5/c1-5-34-20(12-16(2)31-34)24(36)30-25-29-19-13-17(23(27)35)14-21(38-4)22(19)33(25)10-7-9-28-26(37)32(3)15-18-8-6-11-39-18/h12-14,18H,5-11,15H2,1-4H3,(H2,27,35)(H,28,37)(H,29,30,36)/t18-/m0/s1. The third-order valence-electron chi connectivity index (χ3n) is 6.65. The number of aryl methyl sites for hydroxylation is 3. The molecule has 1 saturated heterocycles. The minimum Gasteiger partial charge on any atom is -0.494 e. The number of hydrogen-bond donors (Lipinski definition) is 3. The average Bonchev–Trinajstić information content (AvgIpc) is 3.64. The van der Waals surface area contributed by atoms with Gasteiger partial charge in [0.05, 0.1) is 24.4 Å². The number of ether oxygens (including phenoxy) is 2. The Morgan fingerprint density at radius 1 is 1.28 bits per heavy atom. The number of amides is 4. The van der Waals surface area contributed by atoms with E-state index in [1.807, 2.05) is 13.8 Å². The molecule has 0 spiro atoms. The number of hydrogen-bond acceptors (Lipinski definition) is 7. The normalized spacial score (nSPS) is 14.9. The summed E-state index contributed by atoms with van der Waals surface area (Å²) >= 11 is 0. The molecular weight excluding hydrogens is 504 g/mol. The molecule has 1 aromatic carbocycles. The summed E-state index contributed by atoms with van der Waals surface area (Å²) in [5.74, 6) is -0.318. The third-order valence-corrected chi connectivity index (χ3v) is 6.65. The van der Waals surface area contributed by atoms with Crippen molar-refractivity contribution < 1.29 is 23.9 Å². The summed E-state index contributed by atoms with van der Waals surface area (Å²) in [6.45, 7) is 6.33. The number of primary amides is 1. The number of nitrogens with one attached hydrogen (secondary N) is 2. The van der Waals surface area contributed by atoms with Gasteiger partial charge in [0, 0.05) is 45.4 Å². The number of fused-ring (bicyclic) bond motifs is 1. The van der Waals surface area contributed by atoms with Crippen LogP contribution in [0.5, 0.6) is 5.75 Å². The number of rotatable bonds is 11. The van der Waals surface area contributed by atoms with Crippen LogP contribution in [-0.4, -0.2) is 82.0 Å². The van der Waals surface area contributed by atoms with Crippen molar-refractivity contribution in [2.24, 2.45) is 5.73 Å². The lowest BCUT2D eigenvalue weighted by Gasteiger charge is -2.21. The van der Waals surface area contributed by atoms with Gasteiger partial charge in [-0.2, -0.15) is 5.10 Å². The summed E-state index contributed by atoms with van der Waals surface area (Å²) in [4.78, 5) is 43.8. The van der Waals surface area contributed by atoms with Gasteiger partial charge < -0.3 is 30.0 Å². The lowest BCUT2D eigenvalue weighted by molar-refractivity contribution is 0.0875. The number of urea groups is 1. The van der Waals surface area contributed by atoms with Gasteiger partial charge in [-0.1, -0.05) is 0 Å².